The van der Waals surface area contributed by atoms with Crippen molar-refractivity contribution in [2.45, 2.75) is 152 Å². The molecule has 9 atom stereocenters. The molecule has 56 heavy (non-hydrogen) atoms. The number of esters is 1. The number of fused-ring (bicyclic) bond motifs is 7. The molecule has 0 amide bonds. The van der Waals surface area contributed by atoms with E-state index in [4.69, 9.17) is 4.74 Å². The number of carboxylic acids is 1. The van der Waals surface area contributed by atoms with Crippen molar-refractivity contribution in [2.24, 2.45) is 56.2 Å². The average Bonchev–Trinajstić information content (AvgIpc) is 3.41. The fraction of sp³-hybridized carbons (Fsp3) is 0.792. The number of ether oxygens (including phenoxy) is 1. The Hall–Kier alpha value is -2.58. The van der Waals surface area contributed by atoms with Crippen molar-refractivity contribution in [3.05, 3.63) is 41.2 Å². The zero-order chi connectivity index (χ0) is 41.2. The first kappa shape index (κ1) is 43.0. The molecule has 4 fully saturated rings. The molecule has 1 aromatic rings. The largest absolute Gasteiger partial charge is 0.481 e. The van der Waals surface area contributed by atoms with Crippen LogP contribution in [-0.4, -0.2) is 77.4 Å². The molecule has 1 heterocycles. The summed E-state index contributed by atoms with van der Waals surface area (Å²) in [6.45, 7) is 25.4. The third kappa shape index (κ3) is 7.13. The number of rotatable bonds is 13. The zero-order valence-corrected chi connectivity index (χ0v) is 37.1. The smallest absolute Gasteiger partial charge is 0.309 e. The molecule has 1 N–H and O–H groups in total. The lowest BCUT2D eigenvalue weighted by atomic mass is 9.33. The molecule has 5 aliphatic carbocycles. The highest BCUT2D eigenvalue weighted by atomic mass is 16.5. The molecule has 1 aromatic heterocycles. The van der Waals surface area contributed by atoms with Crippen LogP contribution in [0.3, 0.4) is 0 Å². The van der Waals surface area contributed by atoms with Gasteiger partial charge in [0.2, 0.25) is 0 Å². The molecule has 0 aliphatic heterocycles. The molecule has 4 saturated carbocycles. The van der Waals surface area contributed by atoms with Crippen LogP contribution in [0.4, 0.5) is 0 Å². The number of carbonyl (C=O) groups excluding carboxylic acids is 2. The van der Waals surface area contributed by atoms with Crippen molar-refractivity contribution >= 4 is 17.7 Å². The maximum Gasteiger partial charge on any atom is 0.309 e. The summed E-state index contributed by atoms with van der Waals surface area (Å²) in [6, 6.07) is 4.48. The van der Waals surface area contributed by atoms with E-state index in [9.17, 15) is 19.5 Å². The van der Waals surface area contributed by atoms with Gasteiger partial charge in [-0.15, -0.1) is 0 Å². The summed E-state index contributed by atoms with van der Waals surface area (Å²) in [4.78, 5) is 48.6. The number of carboxylic acid groups (broad SMARTS) is 1. The van der Waals surface area contributed by atoms with Gasteiger partial charge in [0, 0.05) is 48.8 Å². The van der Waals surface area contributed by atoms with Crippen LogP contribution in [0.25, 0.3) is 0 Å². The lowest BCUT2D eigenvalue weighted by Gasteiger charge is -2.72. The van der Waals surface area contributed by atoms with Crippen LogP contribution < -0.4 is 0 Å². The fourth-order valence-corrected chi connectivity index (χ4v) is 13.9. The van der Waals surface area contributed by atoms with E-state index in [1.165, 1.54) is 12.0 Å². The van der Waals surface area contributed by atoms with E-state index in [1.807, 2.05) is 18.5 Å². The summed E-state index contributed by atoms with van der Waals surface area (Å²) in [5.41, 5.74) is 2.86. The number of carbonyl (C=O) groups is 3. The number of pyridine rings is 1. The number of likely N-dealkylation sites (N-methyl/N-ethyl adjacent to an activating group) is 1. The Morgan fingerprint density at radius 1 is 0.929 bits per heavy atom. The summed E-state index contributed by atoms with van der Waals surface area (Å²) in [5.74, 6) is 0.621. The van der Waals surface area contributed by atoms with E-state index in [-0.39, 0.29) is 51.6 Å². The summed E-state index contributed by atoms with van der Waals surface area (Å²) in [5, 5.41) is 9.65. The van der Waals surface area contributed by atoms with Crippen molar-refractivity contribution in [1.29, 1.82) is 0 Å². The number of hydrogen-bond acceptors (Lipinski definition) is 7. The normalized spacial score (nSPS) is 35.9. The second-order valence-corrected chi connectivity index (χ2v) is 21.7. The van der Waals surface area contributed by atoms with Crippen molar-refractivity contribution < 1.29 is 24.2 Å². The Bertz CT molecular complexity index is 1680. The van der Waals surface area contributed by atoms with Crippen LogP contribution in [0.1, 0.15) is 151 Å². The zero-order valence-electron chi connectivity index (χ0n) is 37.1. The van der Waals surface area contributed by atoms with Crippen LogP contribution in [0.2, 0.25) is 0 Å². The molecule has 0 bridgehead atoms. The first-order chi connectivity index (χ1) is 26.0. The van der Waals surface area contributed by atoms with E-state index >= 15 is 0 Å². The Labute approximate surface area is 339 Å². The minimum absolute atomic E-state index is 0.0741. The van der Waals surface area contributed by atoms with Crippen LogP contribution in [0.15, 0.2) is 35.7 Å². The number of aliphatic carboxylic acids is 1. The topological polar surface area (TPSA) is 100 Å². The van der Waals surface area contributed by atoms with Gasteiger partial charge in [0.1, 0.15) is 6.10 Å². The van der Waals surface area contributed by atoms with Gasteiger partial charge in [-0.05, 0) is 156 Å². The number of ketones is 1. The van der Waals surface area contributed by atoms with Gasteiger partial charge in [-0.2, -0.15) is 0 Å². The van der Waals surface area contributed by atoms with E-state index in [2.05, 4.69) is 90.3 Å². The van der Waals surface area contributed by atoms with Gasteiger partial charge in [0.15, 0.2) is 5.78 Å². The number of aromatic nitrogens is 1. The Balaban J connectivity index is 1.27. The highest BCUT2D eigenvalue weighted by Crippen LogP contribution is 2.77. The number of allylic oxidation sites excluding steroid dienone is 2. The summed E-state index contributed by atoms with van der Waals surface area (Å²) in [6.07, 6.45) is 13.8. The number of Topliss-reactive ketones (excluding diaryl/α,β-unsaturated/α-hetero) is 1. The van der Waals surface area contributed by atoms with Crippen molar-refractivity contribution in [3.8, 4) is 0 Å². The molecular weight excluding hydrogens is 699 g/mol. The molecule has 0 radical (unpaired) electrons. The lowest BCUT2D eigenvalue weighted by Crippen LogP contribution is -2.65. The van der Waals surface area contributed by atoms with Crippen LogP contribution in [0, 0.1) is 56.2 Å². The van der Waals surface area contributed by atoms with Gasteiger partial charge in [-0.25, -0.2) is 0 Å². The SMILES string of the molecule is CC(C)C1=C2[C@H]3CC[C@@H]4[C@@]5(C)CC[C@H](OC(=O)CC(C)(C)C(=O)O)C(C)(C)[C@@H]5CC[C@@]4(C)[C@]3(C)CCC2(CCN(CCN(C)C)[C@@H](C)c2cccnc2)CC1=O. The number of nitrogens with zero attached hydrogens (tertiary/aromatic N) is 3. The fourth-order valence-electron chi connectivity index (χ4n) is 13.9. The first-order valence-electron chi connectivity index (χ1n) is 22.0. The monoisotopic (exact) mass is 774 g/mol. The van der Waals surface area contributed by atoms with Gasteiger partial charge in [-0.1, -0.05) is 60.1 Å². The summed E-state index contributed by atoms with van der Waals surface area (Å²) < 4.78 is 6.21. The standard InChI is InChI=1S/C48H75N3O5/c1-31(2)40-35(52)28-48(23-25-51(27-26-50(11)12)32(3)33-14-13-24-49-30-33)22-21-46(9)34(41(40)48)15-16-37-45(8)19-18-38(56-39(53)29-43(4,5)42(54)55)44(6,7)36(45)17-20-47(37,46)10/h13-14,24,30-32,34,36-38H,15-23,25-29H2,1-12H3,(H,54,55)/t32-,34+,36-,37+,38-,45-,46+,47+,48?/m0/s1. The molecule has 8 nitrogen and oxygen atoms in total. The van der Waals surface area contributed by atoms with Gasteiger partial charge in [-0.3, -0.25) is 24.3 Å². The Morgan fingerprint density at radius 3 is 2.27 bits per heavy atom. The highest BCUT2D eigenvalue weighted by molar-refractivity contribution is 6.00. The molecule has 0 saturated heterocycles. The number of hydrogen-bond donors (Lipinski definition) is 1. The second kappa shape index (κ2) is 15.2. The minimum Gasteiger partial charge on any atom is -0.481 e. The van der Waals surface area contributed by atoms with E-state index < -0.39 is 17.4 Å². The van der Waals surface area contributed by atoms with Crippen molar-refractivity contribution in [2.75, 3.05) is 33.7 Å². The summed E-state index contributed by atoms with van der Waals surface area (Å²) >= 11 is 0. The highest BCUT2D eigenvalue weighted by Gasteiger charge is 2.70. The molecule has 1 unspecified atom stereocenters. The van der Waals surface area contributed by atoms with Crippen molar-refractivity contribution in [3.63, 3.8) is 0 Å². The van der Waals surface area contributed by atoms with Crippen LogP contribution >= 0.6 is 0 Å². The third-order valence-corrected chi connectivity index (χ3v) is 17.4. The average molecular weight is 774 g/mol. The lowest BCUT2D eigenvalue weighted by molar-refractivity contribution is -0.233. The van der Waals surface area contributed by atoms with E-state index in [1.54, 1.807) is 19.4 Å². The van der Waals surface area contributed by atoms with Gasteiger partial charge < -0.3 is 14.7 Å². The quantitative estimate of drug-likeness (QED) is 0.198. The van der Waals surface area contributed by atoms with E-state index in [0.29, 0.717) is 30.0 Å². The molecule has 5 aliphatic rings. The van der Waals surface area contributed by atoms with Gasteiger partial charge in [0.05, 0.1) is 11.8 Å². The van der Waals surface area contributed by atoms with Gasteiger partial charge >= 0.3 is 11.9 Å². The Morgan fingerprint density at radius 2 is 1.64 bits per heavy atom. The summed E-state index contributed by atoms with van der Waals surface area (Å²) in [7, 11) is 4.30. The third-order valence-electron chi connectivity index (χ3n) is 17.4. The minimum atomic E-state index is -1.15. The molecular formula is C48H75N3O5. The second-order valence-electron chi connectivity index (χ2n) is 21.7. The van der Waals surface area contributed by atoms with Crippen LogP contribution in [-0.2, 0) is 19.1 Å². The molecule has 312 valence electrons. The van der Waals surface area contributed by atoms with Crippen LogP contribution in [0.5, 0.6) is 0 Å². The molecule has 8 heteroatoms. The maximum absolute atomic E-state index is 14.3. The van der Waals surface area contributed by atoms with Gasteiger partial charge in [0.25, 0.3) is 0 Å². The van der Waals surface area contributed by atoms with Crippen molar-refractivity contribution in [1.82, 2.24) is 14.8 Å². The molecule has 6 rings (SSSR count). The molecule has 0 spiro atoms. The predicted octanol–water partition coefficient (Wildman–Crippen LogP) is 9.79. The molecule has 0 aromatic carbocycles. The first-order valence-corrected chi connectivity index (χ1v) is 22.0. The predicted molar refractivity (Wildman–Crippen MR) is 223 cm³/mol. The van der Waals surface area contributed by atoms with E-state index in [0.717, 1.165) is 76.6 Å². The maximum atomic E-state index is 14.3. The Kier molecular flexibility index (Phi) is 11.7.